The van der Waals surface area contributed by atoms with Gasteiger partial charge in [-0.3, -0.25) is 0 Å². The van der Waals surface area contributed by atoms with Crippen LogP contribution in [-0.2, 0) is 0 Å². The van der Waals surface area contributed by atoms with Gasteiger partial charge in [-0.15, -0.1) is 0 Å². The van der Waals surface area contributed by atoms with Gasteiger partial charge < -0.3 is 15.3 Å². The second kappa shape index (κ2) is 7.40. The van der Waals surface area contributed by atoms with Gasteiger partial charge in [0.1, 0.15) is 0 Å². The van der Waals surface area contributed by atoms with Crippen molar-refractivity contribution in [1.29, 1.82) is 0 Å². The first-order chi connectivity index (χ1) is 8.95. The van der Waals surface area contributed by atoms with Crippen LogP contribution in [0.4, 0.5) is 10.5 Å². The van der Waals surface area contributed by atoms with E-state index >= 15 is 0 Å². The number of hydrogen-bond donors (Lipinski definition) is 2. The molecule has 0 saturated heterocycles. The molecule has 0 bridgehead atoms. The number of nitrogens with one attached hydrogen (secondary N) is 1. The maximum absolute atomic E-state index is 12.0. The highest BCUT2D eigenvalue weighted by Gasteiger charge is 2.15. The third kappa shape index (κ3) is 4.76. The normalized spacial score (nSPS) is 13.7. The van der Waals surface area contributed by atoms with Crippen molar-refractivity contribution in [2.75, 3.05) is 24.4 Å². The Bertz CT molecular complexity index is 406. The Labute approximate surface area is 119 Å². The molecule has 1 rings (SSSR count). The minimum Gasteiger partial charge on any atom is -0.389 e. The van der Waals surface area contributed by atoms with Gasteiger partial charge in [-0.25, -0.2) is 4.79 Å². The molecule has 19 heavy (non-hydrogen) atoms. The molecule has 0 aliphatic rings. The van der Waals surface area contributed by atoms with Gasteiger partial charge in [-0.2, -0.15) is 11.8 Å². The van der Waals surface area contributed by atoms with Crippen LogP contribution in [0.3, 0.4) is 0 Å². The van der Waals surface area contributed by atoms with Gasteiger partial charge in [-0.1, -0.05) is 12.1 Å². The summed E-state index contributed by atoms with van der Waals surface area (Å²) < 4.78 is 0. The first kappa shape index (κ1) is 15.9. The van der Waals surface area contributed by atoms with Gasteiger partial charge in [0.05, 0.1) is 6.10 Å². The van der Waals surface area contributed by atoms with Crippen molar-refractivity contribution in [1.82, 2.24) is 4.90 Å². The SMILES string of the molecule is CSCC(C)N(C)C(=O)Nc1ccc(C(C)O)cc1. The van der Waals surface area contributed by atoms with Gasteiger partial charge in [0.2, 0.25) is 0 Å². The summed E-state index contributed by atoms with van der Waals surface area (Å²) >= 11 is 1.72. The molecular formula is C14H22N2O2S. The fourth-order valence-electron chi connectivity index (χ4n) is 1.61. The zero-order chi connectivity index (χ0) is 14.4. The van der Waals surface area contributed by atoms with E-state index in [1.807, 2.05) is 25.3 Å². The van der Waals surface area contributed by atoms with Crippen LogP contribution < -0.4 is 5.32 Å². The Balaban J connectivity index is 2.61. The molecule has 0 aliphatic heterocycles. The molecule has 5 heteroatoms. The van der Waals surface area contributed by atoms with Crippen molar-refractivity contribution in [3.05, 3.63) is 29.8 Å². The first-order valence-electron chi connectivity index (χ1n) is 6.26. The van der Waals surface area contributed by atoms with E-state index in [1.54, 1.807) is 42.8 Å². The average molecular weight is 282 g/mol. The van der Waals surface area contributed by atoms with E-state index in [0.717, 1.165) is 17.0 Å². The number of hydrogen-bond acceptors (Lipinski definition) is 3. The van der Waals surface area contributed by atoms with Crippen LogP contribution in [0.1, 0.15) is 25.5 Å². The van der Waals surface area contributed by atoms with Gasteiger partial charge in [0.15, 0.2) is 0 Å². The lowest BCUT2D eigenvalue weighted by molar-refractivity contribution is 0.199. The third-order valence-electron chi connectivity index (χ3n) is 3.03. The Morgan fingerprint density at radius 2 is 1.95 bits per heavy atom. The number of benzene rings is 1. The van der Waals surface area contributed by atoms with Gasteiger partial charge in [0, 0.05) is 24.5 Å². The lowest BCUT2D eigenvalue weighted by Gasteiger charge is -2.24. The smallest absolute Gasteiger partial charge is 0.321 e. The number of urea groups is 1. The Hall–Kier alpha value is -1.20. The number of carbonyl (C=O) groups is 1. The Morgan fingerprint density at radius 1 is 1.37 bits per heavy atom. The molecule has 106 valence electrons. The second-order valence-corrected chi connectivity index (χ2v) is 5.55. The van der Waals surface area contributed by atoms with Gasteiger partial charge >= 0.3 is 6.03 Å². The summed E-state index contributed by atoms with van der Waals surface area (Å²) in [5.74, 6) is 0.908. The van der Waals surface area contributed by atoms with Crippen molar-refractivity contribution >= 4 is 23.5 Å². The minimum absolute atomic E-state index is 0.119. The van der Waals surface area contributed by atoms with E-state index < -0.39 is 6.10 Å². The number of anilines is 1. The number of carbonyl (C=O) groups excluding carboxylic acids is 1. The number of thioether (sulfide) groups is 1. The van der Waals surface area contributed by atoms with Crippen molar-refractivity contribution in [2.45, 2.75) is 26.0 Å². The van der Waals surface area contributed by atoms with Crippen molar-refractivity contribution in [3.63, 3.8) is 0 Å². The minimum atomic E-state index is -0.492. The van der Waals surface area contributed by atoms with Crippen molar-refractivity contribution in [2.24, 2.45) is 0 Å². The molecule has 0 spiro atoms. The maximum atomic E-state index is 12.0. The van der Waals surface area contributed by atoms with E-state index in [9.17, 15) is 9.90 Å². The fraction of sp³-hybridized carbons (Fsp3) is 0.500. The number of aliphatic hydroxyl groups excluding tert-OH is 1. The van der Waals surface area contributed by atoms with Crippen molar-refractivity contribution < 1.29 is 9.90 Å². The van der Waals surface area contributed by atoms with Gasteiger partial charge in [0.25, 0.3) is 0 Å². The lowest BCUT2D eigenvalue weighted by Crippen LogP contribution is -2.39. The molecule has 2 unspecified atom stereocenters. The highest BCUT2D eigenvalue weighted by atomic mass is 32.2. The largest absolute Gasteiger partial charge is 0.389 e. The van der Waals surface area contributed by atoms with Crippen LogP contribution in [0.15, 0.2) is 24.3 Å². The van der Waals surface area contributed by atoms with Gasteiger partial charge in [-0.05, 0) is 37.8 Å². The molecule has 2 N–H and O–H groups in total. The molecule has 0 radical (unpaired) electrons. The Kier molecular flexibility index (Phi) is 6.18. The number of rotatable bonds is 5. The predicted molar refractivity (Wildman–Crippen MR) is 81.7 cm³/mol. The lowest BCUT2D eigenvalue weighted by atomic mass is 10.1. The van der Waals surface area contributed by atoms with Crippen LogP contribution >= 0.6 is 11.8 Å². The van der Waals surface area contributed by atoms with E-state index in [-0.39, 0.29) is 12.1 Å². The molecule has 0 aromatic heterocycles. The number of amides is 2. The molecule has 4 nitrogen and oxygen atoms in total. The monoisotopic (exact) mass is 282 g/mol. The van der Waals surface area contributed by atoms with Crippen LogP contribution in [-0.4, -0.2) is 41.1 Å². The zero-order valence-electron chi connectivity index (χ0n) is 11.9. The summed E-state index contributed by atoms with van der Waals surface area (Å²) in [6.45, 7) is 3.73. The molecule has 1 aromatic carbocycles. The van der Waals surface area contributed by atoms with E-state index in [0.29, 0.717) is 0 Å². The predicted octanol–water partition coefficient (Wildman–Crippen LogP) is 2.96. The first-order valence-corrected chi connectivity index (χ1v) is 7.66. The molecule has 1 aromatic rings. The molecule has 2 atom stereocenters. The summed E-state index contributed by atoms with van der Waals surface area (Å²) in [5, 5.41) is 12.3. The highest BCUT2D eigenvalue weighted by Crippen LogP contribution is 2.16. The van der Waals surface area contributed by atoms with E-state index in [2.05, 4.69) is 5.32 Å². The van der Waals surface area contributed by atoms with Crippen molar-refractivity contribution in [3.8, 4) is 0 Å². The average Bonchev–Trinajstić information content (AvgIpc) is 2.38. The quantitative estimate of drug-likeness (QED) is 0.873. The Morgan fingerprint density at radius 3 is 2.42 bits per heavy atom. The molecule has 0 heterocycles. The maximum Gasteiger partial charge on any atom is 0.321 e. The zero-order valence-corrected chi connectivity index (χ0v) is 12.7. The standard InChI is InChI=1S/C14H22N2O2S/c1-10(9-19-4)16(3)14(18)15-13-7-5-12(6-8-13)11(2)17/h5-8,10-11,17H,9H2,1-4H3,(H,15,18). The van der Waals surface area contributed by atoms with E-state index in [4.69, 9.17) is 0 Å². The molecule has 0 fully saturated rings. The van der Waals surface area contributed by atoms with Crippen LogP contribution in [0.25, 0.3) is 0 Å². The molecular weight excluding hydrogens is 260 g/mol. The highest BCUT2D eigenvalue weighted by molar-refractivity contribution is 7.98. The summed E-state index contributed by atoms with van der Waals surface area (Å²) in [6, 6.07) is 7.29. The van der Waals surface area contributed by atoms with Crippen LogP contribution in [0, 0.1) is 0 Å². The van der Waals surface area contributed by atoms with Crippen LogP contribution in [0.2, 0.25) is 0 Å². The molecule has 2 amide bonds. The van der Waals surface area contributed by atoms with Crippen LogP contribution in [0.5, 0.6) is 0 Å². The number of aliphatic hydroxyl groups is 1. The summed E-state index contributed by atoms with van der Waals surface area (Å²) in [4.78, 5) is 13.7. The fourth-order valence-corrected chi connectivity index (χ4v) is 2.32. The summed E-state index contributed by atoms with van der Waals surface area (Å²) in [7, 11) is 1.79. The summed E-state index contributed by atoms with van der Waals surface area (Å²) in [5.41, 5.74) is 1.57. The molecule has 0 saturated carbocycles. The summed E-state index contributed by atoms with van der Waals surface area (Å²) in [6.07, 6.45) is 1.53. The third-order valence-corrected chi connectivity index (χ3v) is 3.85. The van der Waals surface area contributed by atoms with E-state index in [1.165, 1.54) is 0 Å². The second-order valence-electron chi connectivity index (χ2n) is 4.64. The molecule has 0 aliphatic carbocycles. The number of nitrogens with zero attached hydrogens (tertiary/aromatic N) is 1. The topological polar surface area (TPSA) is 52.6 Å².